The quantitative estimate of drug-likeness (QED) is 0.634. The first-order chi connectivity index (χ1) is 6.93. The van der Waals surface area contributed by atoms with Crippen LogP contribution in [0.4, 0.5) is 0 Å². The molecule has 1 heterocycles. The van der Waals surface area contributed by atoms with E-state index in [-0.39, 0.29) is 0 Å². The fourth-order valence-corrected chi connectivity index (χ4v) is 1.72. The van der Waals surface area contributed by atoms with Gasteiger partial charge in [-0.05, 0) is 39.3 Å². The zero-order chi connectivity index (χ0) is 10.6. The molecule has 0 unspecified atom stereocenters. The highest BCUT2D eigenvalue weighted by Crippen LogP contribution is 2.08. The zero-order valence-corrected chi connectivity index (χ0v) is 10.2. The van der Waals surface area contributed by atoms with Crippen LogP contribution < -0.4 is 0 Å². The van der Waals surface area contributed by atoms with Gasteiger partial charge < -0.3 is 9.64 Å². The number of nitrogens with zero attached hydrogens (tertiary/aromatic N) is 1. The van der Waals surface area contributed by atoms with Crippen molar-refractivity contribution in [3.8, 4) is 0 Å². The summed E-state index contributed by atoms with van der Waals surface area (Å²) in [4.78, 5) is 2.56. The maximum absolute atomic E-state index is 5.30. The lowest BCUT2D eigenvalue weighted by molar-refractivity contribution is 0.127. The van der Waals surface area contributed by atoms with Crippen LogP contribution in [0.3, 0.4) is 0 Å². The molecular formula is C12H27NO. The third-order valence-electron chi connectivity index (χ3n) is 2.42. The Balaban J connectivity index is 0.000000791. The predicted octanol–water partition coefficient (Wildman–Crippen LogP) is 2.93. The van der Waals surface area contributed by atoms with Gasteiger partial charge in [-0.3, -0.25) is 0 Å². The van der Waals surface area contributed by atoms with Gasteiger partial charge in [0.2, 0.25) is 0 Å². The molecule has 0 aromatic carbocycles. The molecule has 0 aliphatic carbocycles. The molecule has 0 radical (unpaired) electrons. The van der Waals surface area contributed by atoms with Gasteiger partial charge in [0.1, 0.15) is 0 Å². The second kappa shape index (κ2) is 11.0. The highest BCUT2D eigenvalue weighted by Gasteiger charge is 2.08. The smallest absolute Gasteiger partial charge is 0.0478 e. The lowest BCUT2D eigenvalue weighted by Crippen LogP contribution is -2.31. The van der Waals surface area contributed by atoms with E-state index in [1.165, 1.54) is 45.3 Å². The number of rotatable bonds is 5. The van der Waals surface area contributed by atoms with Crippen molar-refractivity contribution in [2.24, 2.45) is 0 Å². The van der Waals surface area contributed by atoms with Gasteiger partial charge in [0.05, 0.1) is 0 Å². The lowest BCUT2D eigenvalue weighted by Gasteiger charge is -2.26. The highest BCUT2D eigenvalue weighted by molar-refractivity contribution is 4.63. The molecule has 0 N–H and O–H groups in total. The Hall–Kier alpha value is -0.0800. The number of likely N-dealkylation sites (tertiary alicyclic amines) is 1. The second-order valence-electron chi connectivity index (χ2n) is 3.45. The second-order valence-corrected chi connectivity index (χ2v) is 3.45. The predicted molar refractivity (Wildman–Crippen MR) is 62.7 cm³/mol. The topological polar surface area (TPSA) is 12.5 Å². The Bertz CT molecular complexity index is 100. The van der Waals surface area contributed by atoms with Crippen LogP contribution in [-0.2, 0) is 4.74 Å². The Morgan fingerprint density at radius 2 is 1.71 bits per heavy atom. The lowest BCUT2D eigenvalue weighted by atomic mass is 10.1. The van der Waals surface area contributed by atoms with Crippen LogP contribution >= 0.6 is 0 Å². The first-order valence-electron chi connectivity index (χ1n) is 6.23. The van der Waals surface area contributed by atoms with E-state index in [4.69, 9.17) is 4.74 Å². The van der Waals surface area contributed by atoms with E-state index < -0.39 is 0 Å². The van der Waals surface area contributed by atoms with Crippen LogP contribution in [0.2, 0.25) is 0 Å². The minimum Gasteiger partial charge on any atom is -0.382 e. The summed E-state index contributed by atoms with van der Waals surface area (Å²) in [6.07, 6.45) is 5.43. The van der Waals surface area contributed by atoms with Crippen LogP contribution in [0.15, 0.2) is 0 Å². The molecule has 0 spiro atoms. The van der Waals surface area contributed by atoms with Crippen LogP contribution in [0, 0.1) is 0 Å². The van der Waals surface area contributed by atoms with Crippen molar-refractivity contribution in [2.75, 3.05) is 32.8 Å². The molecule has 0 bridgehead atoms. The highest BCUT2D eigenvalue weighted by atomic mass is 16.5. The number of ether oxygens (including phenoxy) is 1. The van der Waals surface area contributed by atoms with Crippen molar-refractivity contribution < 1.29 is 4.74 Å². The average molecular weight is 201 g/mol. The molecule has 0 atom stereocenters. The third-order valence-corrected chi connectivity index (χ3v) is 2.42. The number of hydrogen-bond acceptors (Lipinski definition) is 2. The first-order valence-corrected chi connectivity index (χ1v) is 6.23. The summed E-state index contributed by atoms with van der Waals surface area (Å²) < 4.78 is 5.30. The molecule has 1 aliphatic rings. The van der Waals surface area contributed by atoms with Gasteiger partial charge in [0.25, 0.3) is 0 Å². The Morgan fingerprint density at radius 1 is 1.07 bits per heavy atom. The normalized spacial score (nSPS) is 17.4. The van der Waals surface area contributed by atoms with E-state index in [1.54, 1.807) is 0 Å². The van der Waals surface area contributed by atoms with Crippen molar-refractivity contribution in [2.45, 2.75) is 46.5 Å². The number of piperidine rings is 1. The van der Waals surface area contributed by atoms with E-state index in [0.29, 0.717) is 0 Å². The van der Waals surface area contributed by atoms with Gasteiger partial charge in [-0.1, -0.05) is 20.3 Å². The van der Waals surface area contributed by atoms with Crippen molar-refractivity contribution in [1.29, 1.82) is 0 Å². The van der Waals surface area contributed by atoms with Gasteiger partial charge in [-0.2, -0.15) is 0 Å². The third kappa shape index (κ3) is 7.34. The van der Waals surface area contributed by atoms with E-state index in [9.17, 15) is 0 Å². The number of hydrogen-bond donors (Lipinski definition) is 0. The van der Waals surface area contributed by atoms with Gasteiger partial charge >= 0.3 is 0 Å². The van der Waals surface area contributed by atoms with Crippen LogP contribution in [0.25, 0.3) is 0 Å². The maximum atomic E-state index is 5.30. The fraction of sp³-hybridized carbons (Fsp3) is 1.00. The van der Waals surface area contributed by atoms with E-state index in [1.807, 2.05) is 13.8 Å². The molecule has 2 nitrogen and oxygen atoms in total. The summed E-state index contributed by atoms with van der Waals surface area (Å²) in [6, 6.07) is 0. The van der Waals surface area contributed by atoms with Crippen molar-refractivity contribution in [3.05, 3.63) is 0 Å². The van der Waals surface area contributed by atoms with E-state index in [0.717, 1.165) is 13.2 Å². The Morgan fingerprint density at radius 3 is 2.29 bits per heavy atom. The molecule has 0 aromatic rings. The van der Waals surface area contributed by atoms with Crippen LogP contribution in [0.5, 0.6) is 0 Å². The molecule has 1 saturated heterocycles. The van der Waals surface area contributed by atoms with Crippen LogP contribution in [-0.4, -0.2) is 37.7 Å². The zero-order valence-electron chi connectivity index (χ0n) is 10.2. The molecule has 0 aromatic heterocycles. The van der Waals surface area contributed by atoms with Crippen molar-refractivity contribution >= 4 is 0 Å². The van der Waals surface area contributed by atoms with Crippen molar-refractivity contribution in [1.82, 2.24) is 4.90 Å². The SMILES string of the molecule is CC.CCOCCCN1CCCCC1. The van der Waals surface area contributed by atoms with Gasteiger partial charge in [0.15, 0.2) is 0 Å². The molecule has 1 rings (SSSR count). The molecule has 1 aliphatic heterocycles. The van der Waals surface area contributed by atoms with Crippen molar-refractivity contribution in [3.63, 3.8) is 0 Å². The summed E-state index contributed by atoms with van der Waals surface area (Å²) >= 11 is 0. The molecule has 0 amide bonds. The molecule has 1 fully saturated rings. The standard InChI is InChI=1S/C10H21NO.C2H6/c1-2-12-10-6-9-11-7-4-3-5-8-11;1-2/h2-10H2,1H3;1-2H3. The van der Waals surface area contributed by atoms with Gasteiger partial charge in [0, 0.05) is 19.8 Å². The van der Waals surface area contributed by atoms with Crippen LogP contribution in [0.1, 0.15) is 46.5 Å². The fourth-order valence-electron chi connectivity index (χ4n) is 1.72. The minimum atomic E-state index is 0.861. The first kappa shape index (κ1) is 13.9. The monoisotopic (exact) mass is 201 g/mol. The Labute approximate surface area is 89.6 Å². The average Bonchev–Trinajstić information content (AvgIpc) is 2.29. The molecule has 2 heteroatoms. The Kier molecular flexibility index (Phi) is 10.9. The van der Waals surface area contributed by atoms with E-state index in [2.05, 4.69) is 11.8 Å². The maximum Gasteiger partial charge on any atom is 0.0478 e. The molecule has 0 saturated carbocycles. The summed E-state index contributed by atoms with van der Waals surface area (Å²) in [5.74, 6) is 0. The largest absolute Gasteiger partial charge is 0.382 e. The van der Waals surface area contributed by atoms with Gasteiger partial charge in [-0.15, -0.1) is 0 Å². The summed E-state index contributed by atoms with van der Waals surface area (Å²) in [5.41, 5.74) is 0. The summed E-state index contributed by atoms with van der Waals surface area (Å²) in [7, 11) is 0. The van der Waals surface area contributed by atoms with Gasteiger partial charge in [-0.25, -0.2) is 0 Å². The van der Waals surface area contributed by atoms with E-state index >= 15 is 0 Å². The summed E-state index contributed by atoms with van der Waals surface area (Å²) in [5, 5.41) is 0. The summed E-state index contributed by atoms with van der Waals surface area (Å²) in [6.45, 7) is 11.7. The molecule has 86 valence electrons. The molecular weight excluding hydrogens is 174 g/mol. The minimum absolute atomic E-state index is 0.861. The molecule has 14 heavy (non-hydrogen) atoms.